The number of carbonyl (C=O) groups excluding carboxylic acids is 2. The number of anilines is 1. The first-order chi connectivity index (χ1) is 13.2. The molecule has 0 unspecified atom stereocenters. The van der Waals surface area contributed by atoms with Gasteiger partial charge in [-0.25, -0.2) is 4.79 Å². The second kappa shape index (κ2) is 7.60. The summed E-state index contributed by atoms with van der Waals surface area (Å²) in [7, 11) is 1.38. The van der Waals surface area contributed by atoms with E-state index in [1.165, 1.54) is 23.3 Å². The number of aryl methyl sites for hydroxylation is 1. The molecule has 27 heavy (non-hydrogen) atoms. The minimum atomic E-state index is -0.382. The highest BCUT2D eigenvalue weighted by Crippen LogP contribution is 2.38. The van der Waals surface area contributed by atoms with Crippen LogP contribution in [0.3, 0.4) is 0 Å². The highest BCUT2D eigenvalue weighted by Gasteiger charge is 2.26. The standard InChI is InChI=1S/C20H21NO5S/c1-24-20(23)18-13-5-3-2-4-6-16(13)27-19(18)21-17(22)10-12-7-8-14-15(9-12)26-11-25-14/h7-9H,2-6,10-11H2,1H3,(H,21,22). The average Bonchev–Trinajstić information content (AvgIpc) is 3.18. The number of hydrogen-bond donors (Lipinski definition) is 1. The van der Waals surface area contributed by atoms with E-state index in [4.69, 9.17) is 14.2 Å². The van der Waals surface area contributed by atoms with Crippen LogP contribution in [0.1, 0.15) is 45.6 Å². The van der Waals surface area contributed by atoms with E-state index in [1.54, 1.807) is 6.07 Å². The fourth-order valence-corrected chi connectivity index (χ4v) is 4.85. The summed E-state index contributed by atoms with van der Waals surface area (Å²) in [5.74, 6) is 0.788. The van der Waals surface area contributed by atoms with Gasteiger partial charge >= 0.3 is 5.97 Å². The first kappa shape index (κ1) is 17.9. The monoisotopic (exact) mass is 387 g/mol. The first-order valence-electron chi connectivity index (χ1n) is 9.07. The van der Waals surface area contributed by atoms with Gasteiger partial charge in [-0.1, -0.05) is 12.5 Å². The molecular formula is C20H21NO5S. The number of methoxy groups -OCH3 is 1. The lowest BCUT2D eigenvalue weighted by molar-refractivity contribution is -0.115. The maximum absolute atomic E-state index is 12.6. The summed E-state index contributed by atoms with van der Waals surface area (Å²) >= 11 is 1.50. The van der Waals surface area contributed by atoms with Crippen LogP contribution >= 0.6 is 11.3 Å². The number of carbonyl (C=O) groups is 2. The molecule has 4 rings (SSSR count). The molecule has 0 bridgehead atoms. The normalized spacial score (nSPS) is 15.0. The van der Waals surface area contributed by atoms with E-state index in [-0.39, 0.29) is 25.1 Å². The van der Waals surface area contributed by atoms with E-state index in [2.05, 4.69) is 5.32 Å². The SMILES string of the molecule is COC(=O)c1c(NC(=O)Cc2ccc3c(c2)OCO3)sc2c1CCCCC2. The molecule has 142 valence electrons. The number of amides is 1. The Hall–Kier alpha value is -2.54. The molecule has 0 saturated heterocycles. The van der Waals surface area contributed by atoms with E-state index in [0.29, 0.717) is 22.1 Å². The fraction of sp³-hybridized carbons (Fsp3) is 0.400. The molecule has 1 aliphatic carbocycles. The Balaban J connectivity index is 1.54. The van der Waals surface area contributed by atoms with Crippen LogP contribution in [0, 0.1) is 0 Å². The topological polar surface area (TPSA) is 73.9 Å². The van der Waals surface area contributed by atoms with Crippen molar-refractivity contribution in [1.29, 1.82) is 0 Å². The Morgan fingerprint density at radius 3 is 2.81 bits per heavy atom. The summed E-state index contributed by atoms with van der Waals surface area (Å²) in [6.07, 6.45) is 5.32. The van der Waals surface area contributed by atoms with Crippen LogP contribution in [0.2, 0.25) is 0 Å². The average molecular weight is 387 g/mol. The third-order valence-corrected chi connectivity index (χ3v) is 6.07. The van der Waals surface area contributed by atoms with Crippen molar-refractivity contribution in [2.24, 2.45) is 0 Å². The van der Waals surface area contributed by atoms with Crippen LogP contribution in [0.4, 0.5) is 5.00 Å². The van der Waals surface area contributed by atoms with Gasteiger partial charge in [0.25, 0.3) is 0 Å². The Labute approximate surface area is 161 Å². The van der Waals surface area contributed by atoms with E-state index in [0.717, 1.165) is 43.2 Å². The van der Waals surface area contributed by atoms with Crippen LogP contribution in [0.5, 0.6) is 11.5 Å². The summed E-state index contributed by atoms with van der Waals surface area (Å²) < 4.78 is 15.6. The zero-order chi connectivity index (χ0) is 18.8. The van der Waals surface area contributed by atoms with Gasteiger partial charge in [-0.3, -0.25) is 4.79 Å². The number of esters is 1. The van der Waals surface area contributed by atoms with Gasteiger partial charge in [0.05, 0.1) is 19.1 Å². The number of fused-ring (bicyclic) bond motifs is 2. The van der Waals surface area contributed by atoms with Crippen molar-refractivity contribution in [2.45, 2.75) is 38.5 Å². The molecule has 1 aliphatic heterocycles. The molecule has 2 aromatic rings. The Bertz CT molecular complexity index is 889. The lowest BCUT2D eigenvalue weighted by Gasteiger charge is -2.08. The molecule has 0 radical (unpaired) electrons. The maximum Gasteiger partial charge on any atom is 0.341 e. The number of hydrogen-bond acceptors (Lipinski definition) is 6. The highest BCUT2D eigenvalue weighted by molar-refractivity contribution is 7.17. The lowest BCUT2D eigenvalue weighted by Crippen LogP contribution is -2.16. The zero-order valence-electron chi connectivity index (χ0n) is 15.1. The molecule has 1 N–H and O–H groups in total. The summed E-state index contributed by atoms with van der Waals surface area (Å²) in [5, 5.41) is 3.52. The quantitative estimate of drug-likeness (QED) is 0.639. The molecule has 2 heterocycles. The van der Waals surface area contributed by atoms with Crippen molar-refractivity contribution in [2.75, 3.05) is 19.2 Å². The molecule has 6 nitrogen and oxygen atoms in total. The fourth-order valence-electron chi connectivity index (χ4n) is 3.56. The second-order valence-corrected chi connectivity index (χ2v) is 7.78. The van der Waals surface area contributed by atoms with Crippen molar-refractivity contribution < 1.29 is 23.8 Å². The largest absolute Gasteiger partial charge is 0.465 e. The number of rotatable bonds is 4. The molecule has 1 aromatic carbocycles. The molecule has 7 heteroatoms. The van der Waals surface area contributed by atoms with Crippen LogP contribution < -0.4 is 14.8 Å². The van der Waals surface area contributed by atoms with E-state index in [9.17, 15) is 9.59 Å². The van der Waals surface area contributed by atoms with Crippen LogP contribution in [-0.4, -0.2) is 25.8 Å². The molecule has 2 aliphatic rings. The van der Waals surface area contributed by atoms with Gasteiger partial charge in [0.1, 0.15) is 5.00 Å². The van der Waals surface area contributed by atoms with Gasteiger partial charge in [-0.15, -0.1) is 11.3 Å². The number of ether oxygens (including phenoxy) is 3. The van der Waals surface area contributed by atoms with Gasteiger partial charge in [-0.05, 0) is 48.9 Å². The van der Waals surface area contributed by atoms with Crippen molar-refractivity contribution in [3.8, 4) is 11.5 Å². The van der Waals surface area contributed by atoms with Crippen LogP contribution in [-0.2, 0) is 28.8 Å². The Morgan fingerprint density at radius 2 is 1.96 bits per heavy atom. The molecule has 1 amide bonds. The maximum atomic E-state index is 12.6. The van der Waals surface area contributed by atoms with Gasteiger partial charge < -0.3 is 19.5 Å². The van der Waals surface area contributed by atoms with Crippen LogP contribution in [0.15, 0.2) is 18.2 Å². The van der Waals surface area contributed by atoms with Crippen molar-refractivity contribution in [3.05, 3.63) is 39.8 Å². The predicted octanol–water partition coefficient (Wildman–Crippen LogP) is 3.71. The summed E-state index contributed by atoms with van der Waals surface area (Å²) in [6, 6.07) is 5.46. The number of thiophene rings is 1. The summed E-state index contributed by atoms with van der Waals surface area (Å²) in [6.45, 7) is 0.203. The minimum absolute atomic E-state index is 0.171. The smallest absolute Gasteiger partial charge is 0.341 e. The molecule has 0 spiro atoms. The van der Waals surface area contributed by atoms with E-state index >= 15 is 0 Å². The summed E-state index contributed by atoms with van der Waals surface area (Å²) in [4.78, 5) is 26.1. The third-order valence-electron chi connectivity index (χ3n) is 4.87. The molecule has 0 fully saturated rings. The zero-order valence-corrected chi connectivity index (χ0v) is 15.9. The van der Waals surface area contributed by atoms with Crippen molar-refractivity contribution >= 4 is 28.2 Å². The third kappa shape index (κ3) is 3.64. The Kier molecular flexibility index (Phi) is 5.03. The Morgan fingerprint density at radius 1 is 1.15 bits per heavy atom. The summed E-state index contributed by atoms with van der Waals surface area (Å²) in [5.41, 5.74) is 2.40. The van der Waals surface area contributed by atoms with Gasteiger partial charge in [0.2, 0.25) is 12.7 Å². The van der Waals surface area contributed by atoms with Crippen molar-refractivity contribution in [1.82, 2.24) is 0 Å². The van der Waals surface area contributed by atoms with Crippen molar-refractivity contribution in [3.63, 3.8) is 0 Å². The molecule has 1 aromatic heterocycles. The number of benzene rings is 1. The van der Waals surface area contributed by atoms with E-state index < -0.39 is 0 Å². The van der Waals surface area contributed by atoms with Gasteiger partial charge in [0.15, 0.2) is 11.5 Å². The minimum Gasteiger partial charge on any atom is -0.465 e. The molecular weight excluding hydrogens is 366 g/mol. The second-order valence-electron chi connectivity index (χ2n) is 6.67. The van der Waals surface area contributed by atoms with Crippen LogP contribution in [0.25, 0.3) is 0 Å². The number of nitrogens with one attached hydrogen (secondary N) is 1. The van der Waals surface area contributed by atoms with Gasteiger partial charge in [-0.2, -0.15) is 0 Å². The van der Waals surface area contributed by atoms with Gasteiger partial charge in [0, 0.05) is 4.88 Å². The molecule has 0 saturated carbocycles. The first-order valence-corrected chi connectivity index (χ1v) is 9.88. The van der Waals surface area contributed by atoms with E-state index in [1.807, 2.05) is 12.1 Å². The molecule has 0 atom stereocenters. The predicted molar refractivity (Wildman–Crippen MR) is 102 cm³/mol. The highest BCUT2D eigenvalue weighted by atomic mass is 32.1. The lowest BCUT2D eigenvalue weighted by atomic mass is 10.1.